The molecule has 0 aliphatic heterocycles. The van der Waals surface area contributed by atoms with Gasteiger partial charge in [0, 0.05) is 17.4 Å². The molecule has 102 valence electrons. The summed E-state index contributed by atoms with van der Waals surface area (Å²) in [5, 5.41) is 6.48. The summed E-state index contributed by atoms with van der Waals surface area (Å²) in [6.07, 6.45) is 0.730. The van der Waals surface area contributed by atoms with E-state index < -0.39 is 0 Å². The number of thiophene rings is 1. The molecule has 0 fully saturated rings. The van der Waals surface area contributed by atoms with Crippen LogP contribution in [-0.2, 0) is 6.42 Å². The summed E-state index contributed by atoms with van der Waals surface area (Å²) in [7, 11) is 0. The Morgan fingerprint density at radius 3 is 2.85 bits per heavy atom. The molecule has 1 aromatic carbocycles. The summed E-state index contributed by atoms with van der Waals surface area (Å²) >= 11 is 5.23. The van der Waals surface area contributed by atoms with Crippen molar-refractivity contribution in [2.75, 3.05) is 11.9 Å². The summed E-state index contributed by atoms with van der Waals surface area (Å²) in [5.41, 5.74) is 1.20. The zero-order chi connectivity index (χ0) is 13.9. The molecule has 3 nitrogen and oxygen atoms in total. The van der Waals surface area contributed by atoms with E-state index in [1.54, 1.807) is 11.3 Å². The number of benzene rings is 1. The number of hydrogen-bond donors (Lipinski definition) is 1. The number of anilines is 1. The first-order chi connectivity index (χ1) is 9.78. The van der Waals surface area contributed by atoms with Gasteiger partial charge in [-0.15, -0.1) is 11.3 Å². The van der Waals surface area contributed by atoms with Gasteiger partial charge < -0.3 is 5.32 Å². The van der Waals surface area contributed by atoms with E-state index in [0.717, 1.165) is 39.3 Å². The van der Waals surface area contributed by atoms with E-state index >= 15 is 0 Å². The Labute approximate surface area is 130 Å². The largest absolute Gasteiger partial charge is 0.370 e. The smallest absolute Gasteiger partial charge is 0.138 e. The van der Waals surface area contributed by atoms with Crippen molar-refractivity contribution >= 4 is 43.3 Å². The van der Waals surface area contributed by atoms with E-state index in [1.807, 2.05) is 18.2 Å². The SMILES string of the molecule is CCNc1nc(Cc2ccccc2Br)nc2sccc12. The third-order valence-electron chi connectivity index (χ3n) is 3.02. The second-order valence-corrected chi connectivity index (χ2v) is 6.18. The third kappa shape index (κ3) is 2.69. The lowest BCUT2D eigenvalue weighted by Gasteiger charge is -2.08. The quantitative estimate of drug-likeness (QED) is 0.756. The number of aromatic nitrogens is 2. The molecule has 0 saturated carbocycles. The van der Waals surface area contributed by atoms with Gasteiger partial charge in [-0.3, -0.25) is 0 Å². The molecule has 1 N–H and O–H groups in total. The van der Waals surface area contributed by atoms with Gasteiger partial charge in [-0.2, -0.15) is 0 Å². The monoisotopic (exact) mass is 347 g/mol. The molecular formula is C15H14BrN3S. The molecule has 5 heteroatoms. The van der Waals surface area contributed by atoms with E-state index in [1.165, 1.54) is 5.56 Å². The maximum atomic E-state index is 4.66. The van der Waals surface area contributed by atoms with Crippen LogP contribution < -0.4 is 5.32 Å². The van der Waals surface area contributed by atoms with Crippen LogP contribution in [0.1, 0.15) is 18.3 Å². The van der Waals surface area contributed by atoms with Crippen LogP contribution >= 0.6 is 27.3 Å². The Balaban J connectivity index is 2.01. The topological polar surface area (TPSA) is 37.8 Å². The minimum Gasteiger partial charge on any atom is -0.370 e. The van der Waals surface area contributed by atoms with Crippen molar-refractivity contribution in [3.8, 4) is 0 Å². The summed E-state index contributed by atoms with van der Waals surface area (Å²) in [6, 6.07) is 10.3. The lowest BCUT2D eigenvalue weighted by Crippen LogP contribution is -2.04. The van der Waals surface area contributed by atoms with Gasteiger partial charge in [0.2, 0.25) is 0 Å². The van der Waals surface area contributed by atoms with Crippen LogP contribution in [0.15, 0.2) is 40.2 Å². The molecule has 0 amide bonds. The fraction of sp³-hybridized carbons (Fsp3) is 0.200. The highest BCUT2D eigenvalue weighted by Crippen LogP contribution is 2.26. The van der Waals surface area contributed by atoms with Crippen molar-refractivity contribution in [2.45, 2.75) is 13.3 Å². The molecule has 2 heterocycles. The summed E-state index contributed by atoms with van der Waals surface area (Å²) in [4.78, 5) is 10.4. The van der Waals surface area contributed by atoms with Crippen LogP contribution in [0.25, 0.3) is 10.2 Å². The zero-order valence-electron chi connectivity index (χ0n) is 11.1. The average molecular weight is 348 g/mol. The molecule has 0 atom stereocenters. The van der Waals surface area contributed by atoms with Gasteiger partial charge in [-0.1, -0.05) is 34.1 Å². The van der Waals surface area contributed by atoms with Crippen LogP contribution in [0.2, 0.25) is 0 Å². The molecule has 20 heavy (non-hydrogen) atoms. The van der Waals surface area contributed by atoms with Crippen LogP contribution in [0, 0.1) is 0 Å². The van der Waals surface area contributed by atoms with Gasteiger partial charge in [0.15, 0.2) is 0 Å². The first-order valence-electron chi connectivity index (χ1n) is 6.49. The van der Waals surface area contributed by atoms with Crippen molar-refractivity contribution in [1.82, 2.24) is 9.97 Å². The normalized spacial score (nSPS) is 10.9. The van der Waals surface area contributed by atoms with Crippen LogP contribution in [0.5, 0.6) is 0 Å². The molecule has 0 unspecified atom stereocenters. The van der Waals surface area contributed by atoms with Crippen molar-refractivity contribution in [3.05, 3.63) is 51.6 Å². The molecule has 0 bridgehead atoms. The number of fused-ring (bicyclic) bond motifs is 1. The predicted octanol–water partition coefficient (Wildman–Crippen LogP) is 4.48. The highest BCUT2D eigenvalue weighted by Gasteiger charge is 2.10. The maximum Gasteiger partial charge on any atom is 0.138 e. The van der Waals surface area contributed by atoms with E-state index in [2.05, 4.69) is 55.7 Å². The Kier molecular flexibility index (Phi) is 3.98. The fourth-order valence-corrected chi connectivity index (χ4v) is 3.30. The molecule has 3 rings (SSSR count). The highest BCUT2D eigenvalue weighted by atomic mass is 79.9. The van der Waals surface area contributed by atoms with Gasteiger partial charge in [-0.25, -0.2) is 9.97 Å². The maximum absolute atomic E-state index is 4.66. The number of nitrogens with zero attached hydrogens (tertiary/aromatic N) is 2. The fourth-order valence-electron chi connectivity index (χ4n) is 2.09. The van der Waals surface area contributed by atoms with Crippen LogP contribution in [0.4, 0.5) is 5.82 Å². The second kappa shape index (κ2) is 5.89. The third-order valence-corrected chi connectivity index (χ3v) is 4.60. The van der Waals surface area contributed by atoms with Crippen LogP contribution in [-0.4, -0.2) is 16.5 Å². The molecule has 0 aliphatic rings. The van der Waals surface area contributed by atoms with E-state index in [0.29, 0.717) is 0 Å². The Morgan fingerprint density at radius 2 is 2.05 bits per heavy atom. The molecule has 0 saturated heterocycles. The van der Waals surface area contributed by atoms with Crippen molar-refractivity contribution in [3.63, 3.8) is 0 Å². The molecule has 0 spiro atoms. The minimum absolute atomic E-state index is 0.730. The molecule has 2 aromatic heterocycles. The molecule has 0 radical (unpaired) electrons. The second-order valence-electron chi connectivity index (χ2n) is 4.43. The number of nitrogens with one attached hydrogen (secondary N) is 1. The zero-order valence-corrected chi connectivity index (χ0v) is 13.5. The Hall–Kier alpha value is -1.46. The minimum atomic E-state index is 0.730. The summed E-state index contributed by atoms with van der Waals surface area (Å²) < 4.78 is 1.10. The first-order valence-corrected chi connectivity index (χ1v) is 8.16. The average Bonchev–Trinajstić information content (AvgIpc) is 2.90. The molecular weight excluding hydrogens is 334 g/mol. The van der Waals surface area contributed by atoms with Gasteiger partial charge in [0.1, 0.15) is 16.5 Å². The summed E-state index contributed by atoms with van der Waals surface area (Å²) in [5.74, 6) is 1.78. The number of hydrogen-bond acceptors (Lipinski definition) is 4. The van der Waals surface area contributed by atoms with Gasteiger partial charge in [-0.05, 0) is 30.0 Å². The molecule has 0 aliphatic carbocycles. The van der Waals surface area contributed by atoms with Gasteiger partial charge >= 0.3 is 0 Å². The van der Waals surface area contributed by atoms with Crippen molar-refractivity contribution < 1.29 is 0 Å². The number of halogens is 1. The van der Waals surface area contributed by atoms with Crippen molar-refractivity contribution in [2.24, 2.45) is 0 Å². The summed E-state index contributed by atoms with van der Waals surface area (Å²) in [6.45, 7) is 2.93. The van der Waals surface area contributed by atoms with Gasteiger partial charge in [0.25, 0.3) is 0 Å². The first kappa shape index (κ1) is 13.5. The van der Waals surface area contributed by atoms with Crippen LogP contribution in [0.3, 0.4) is 0 Å². The molecule has 3 aromatic rings. The van der Waals surface area contributed by atoms with E-state index in [4.69, 9.17) is 0 Å². The number of rotatable bonds is 4. The van der Waals surface area contributed by atoms with E-state index in [9.17, 15) is 0 Å². The van der Waals surface area contributed by atoms with Crippen molar-refractivity contribution in [1.29, 1.82) is 0 Å². The van der Waals surface area contributed by atoms with E-state index in [-0.39, 0.29) is 0 Å². The standard InChI is InChI=1S/C15H14BrN3S/c1-2-17-14-11-7-8-20-15(11)19-13(18-14)9-10-5-3-4-6-12(10)16/h3-8H,2,9H2,1H3,(H,17,18,19). The lowest BCUT2D eigenvalue weighted by atomic mass is 10.1. The Morgan fingerprint density at radius 1 is 1.20 bits per heavy atom. The van der Waals surface area contributed by atoms with Gasteiger partial charge in [0.05, 0.1) is 5.39 Å². The highest BCUT2D eigenvalue weighted by molar-refractivity contribution is 9.10. The predicted molar refractivity (Wildman–Crippen MR) is 88.5 cm³/mol. The Bertz CT molecular complexity index is 739. The lowest BCUT2D eigenvalue weighted by molar-refractivity contribution is 0.986.